The fourth-order valence-electron chi connectivity index (χ4n) is 3.41. The van der Waals surface area contributed by atoms with Crippen molar-refractivity contribution in [2.75, 3.05) is 18.6 Å². The summed E-state index contributed by atoms with van der Waals surface area (Å²) in [5, 5.41) is 0. The number of hydrogen-bond acceptors (Lipinski definition) is 4. The predicted molar refractivity (Wildman–Crippen MR) is 131 cm³/mol. The number of carbonyl (C=O) groups excluding carboxylic acids is 2. The molecule has 0 spiro atoms. The summed E-state index contributed by atoms with van der Waals surface area (Å²) >= 11 is 0. The number of amides is 1. The number of benzene rings is 3. The van der Waals surface area contributed by atoms with Crippen molar-refractivity contribution in [1.82, 2.24) is 0 Å². The van der Waals surface area contributed by atoms with Gasteiger partial charge in [-0.3, -0.25) is 4.79 Å². The number of anilines is 1. The van der Waals surface area contributed by atoms with Crippen molar-refractivity contribution in [2.45, 2.75) is 26.8 Å². The van der Waals surface area contributed by atoms with Crippen LogP contribution >= 0.6 is 0 Å². The Morgan fingerprint density at radius 3 is 2.12 bits per heavy atom. The van der Waals surface area contributed by atoms with Gasteiger partial charge in [0.05, 0.1) is 20.3 Å². The van der Waals surface area contributed by atoms with E-state index in [1.807, 2.05) is 91.9 Å². The molecule has 5 heteroatoms. The lowest BCUT2D eigenvalue weighted by molar-refractivity contribution is -0.138. The van der Waals surface area contributed by atoms with Gasteiger partial charge >= 0.3 is 5.97 Å². The first-order valence-electron chi connectivity index (χ1n) is 11.0. The van der Waals surface area contributed by atoms with Gasteiger partial charge in [-0.25, -0.2) is 4.79 Å². The molecule has 0 aliphatic carbocycles. The molecular formula is C28H29NO4. The molecule has 0 radical (unpaired) electrons. The third kappa shape index (κ3) is 6.32. The first-order valence-corrected chi connectivity index (χ1v) is 11.0. The van der Waals surface area contributed by atoms with Crippen molar-refractivity contribution >= 4 is 23.6 Å². The van der Waals surface area contributed by atoms with Crippen LogP contribution in [-0.4, -0.2) is 25.6 Å². The predicted octanol–water partition coefficient (Wildman–Crippen LogP) is 5.90. The second-order valence-electron chi connectivity index (χ2n) is 7.44. The minimum absolute atomic E-state index is 0.0875. The quantitative estimate of drug-likeness (QED) is 0.305. The van der Waals surface area contributed by atoms with Crippen LogP contribution in [0.4, 0.5) is 5.69 Å². The number of methoxy groups -OCH3 is 1. The Hall–Kier alpha value is -3.86. The fourth-order valence-corrected chi connectivity index (χ4v) is 3.41. The van der Waals surface area contributed by atoms with Crippen LogP contribution in [-0.2, 0) is 16.1 Å². The van der Waals surface area contributed by atoms with Gasteiger partial charge in [0.15, 0.2) is 0 Å². The first kappa shape index (κ1) is 23.8. The minimum Gasteiger partial charge on any atom is -0.497 e. The summed E-state index contributed by atoms with van der Waals surface area (Å²) in [4.78, 5) is 27.2. The van der Waals surface area contributed by atoms with Crippen LogP contribution in [0, 0.1) is 0 Å². The Labute approximate surface area is 195 Å². The SMILES string of the molecule is CCOC(=O)/C(=C/c1ccc(N(Cc2ccc(OC)cc2)C(=O)c2ccccc2)cc1)CC. The zero-order chi connectivity index (χ0) is 23.6. The van der Waals surface area contributed by atoms with Crippen molar-refractivity contribution in [2.24, 2.45) is 0 Å². The average molecular weight is 444 g/mol. The van der Waals surface area contributed by atoms with E-state index < -0.39 is 0 Å². The number of ether oxygens (including phenoxy) is 2. The van der Waals surface area contributed by atoms with Crippen molar-refractivity contribution in [3.63, 3.8) is 0 Å². The maximum absolute atomic E-state index is 13.4. The van der Waals surface area contributed by atoms with E-state index >= 15 is 0 Å². The van der Waals surface area contributed by atoms with Crippen LogP contribution in [0.2, 0.25) is 0 Å². The molecule has 3 aromatic carbocycles. The lowest BCUT2D eigenvalue weighted by atomic mass is 10.1. The zero-order valence-electron chi connectivity index (χ0n) is 19.3. The lowest BCUT2D eigenvalue weighted by Crippen LogP contribution is -2.30. The molecule has 0 saturated carbocycles. The normalized spacial score (nSPS) is 11.1. The third-order valence-corrected chi connectivity index (χ3v) is 5.23. The van der Waals surface area contributed by atoms with Gasteiger partial charge in [0, 0.05) is 16.8 Å². The molecule has 1 amide bonds. The summed E-state index contributed by atoms with van der Waals surface area (Å²) in [5.41, 5.74) is 3.86. The van der Waals surface area contributed by atoms with Gasteiger partial charge in [-0.15, -0.1) is 0 Å². The molecular weight excluding hydrogens is 414 g/mol. The maximum Gasteiger partial charge on any atom is 0.333 e. The summed E-state index contributed by atoms with van der Waals surface area (Å²) in [6.45, 7) is 4.47. The molecule has 0 N–H and O–H groups in total. The molecule has 0 heterocycles. The Morgan fingerprint density at radius 2 is 1.55 bits per heavy atom. The summed E-state index contributed by atoms with van der Waals surface area (Å²) < 4.78 is 10.4. The third-order valence-electron chi connectivity index (χ3n) is 5.23. The van der Waals surface area contributed by atoms with Crippen LogP contribution in [0.15, 0.2) is 84.4 Å². The molecule has 0 fully saturated rings. The zero-order valence-corrected chi connectivity index (χ0v) is 19.3. The molecule has 3 aromatic rings. The monoisotopic (exact) mass is 443 g/mol. The highest BCUT2D eigenvalue weighted by Gasteiger charge is 2.18. The molecule has 0 aromatic heterocycles. The number of hydrogen-bond donors (Lipinski definition) is 0. The maximum atomic E-state index is 13.4. The van der Waals surface area contributed by atoms with E-state index in [0.717, 1.165) is 22.6 Å². The van der Waals surface area contributed by atoms with Crippen molar-refractivity contribution in [1.29, 1.82) is 0 Å². The summed E-state index contributed by atoms with van der Waals surface area (Å²) in [6.07, 6.45) is 2.41. The van der Waals surface area contributed by atoms with E-state index in [4.69, 9.17) is 9.47 Å². The van der Waals surface area contributed by atoms with E-state index in [1.54, 1.807) is 18.9 Å². The minimum atomic E-state index is -0.301. The first-order chi connectivity index (χ1) is 16.0. The van der Waals surface area contributed by atoms with Gasteiger partial charge in [-0.1, -0.05) is 49.4 Å². The number of rotatable bonds is 9. The van der Waals surface area contributed by atoms with E-state index in [9.17, 15) is 9.59 Å². The smallest absolute Gasteiger partial charge is 0.333 e. The van der Waals surface area contributed by atoms with Gasteiger partial charge < -0.3 is 14.4 Å². The second kappa shape index (κ2) is 11.7. The number of carbonyl (C=O) groups is 2. The van der Waals surface area contributed by atoms with Gasteiger partial charge in [-0.05, 0) is 66.9 Å². The molecule has 0 saturated heterocycles. The summed E-state index contributed by atoms with van der Waals surface area (Å²) in [5.74, 6) is 0.379. The average Bonchev–Trinajstić information content (AvgIpc) is 2.87. The van der Waals surface area contributed by atoms with E-state index in [1.165, 1.54) is 0 Å². The Bertz CT molecular complexity index is 1090. The molecule has 3 rings (SSSR count). The Balaban J connectivity index is 1.91. The lowest BCUT2D eigenvalue weighted by Gasteiger charge is -2.23. The van der Waals surface area contributed by atoms with Gasteiger partial charge in [0.1, 0.15) is 5.75 Å². The van der Waals surface area contributed by atoms with E-state index in [2.05, 4.69) is 0 Å². The highest BCUT2D eigenvalue weighted by molar-refractivity contribution is 6.06. The summed E-state index contributed by atoms with van der Waals surface area (Å²) in [7, 11) is 1.63. The van der Waals surface area contributed by atoms with Crippen molar-refractivity contribution in [3.8, 4) is 5.75 Å². The molecule has 5 nitrogen and oxygen atoms in total. The largest absolute Gasteiger partial charge is 0.497 e. The highest BCUT2D eigenvalue weighted by Crippen LogP contribution is 2.23. The van der Waals surface area contributed by atoms with Crippen molar-refractivity contribution < 1.29 is 19.1 Å². The Morgan fingerprint density at radius 1 is 0.879 bits per heavy atom. The number of esters is 1. The van der Waals surface area contributed by atoms with Gasteiger partial charge in [-0.2, -0.15) is 0 Å². The molecule has 0 aliphatic heterocycles. The molecule has 0 bridgehead atoms. The van der Waals surface area contributed by atoms with E-state index in [0.29, 0.717) is 30.7 Å². The topological polar surface area (TPSA) is 55.8 Å². The van der Waals surface area contributed by atoms with Crippen LogP contribution in [0.3, 0.4) is 0 Å². The van der Waals surface area contributed by atoms with Crippen LogP contribution in [0.25, 0.3) is 6.08 Å². The summed E-state index contributed by atoms with van der Waals surface area (Å²) in [6, 6.07) is 24.5. The second-order valence-corrected chi connectivity index (χ2v) is 7.44. The highest BCUT2D eigenvalue weighted by atomic mass is 16.5. The molecule has 33 heavy (non-hydrogen) atoms. The molecule has 170 valence electrons. The number of nitrogens with zero attached hydrogens (tertiary/aromatic N) is 1. The van der Waals surface area contributed by atoms with Gasteiger partial charge in [0.2, 0.25) is 0 Å². The van der Waals surface area contributed by atoms with Gasteiger partial charge in [0.25, 0.3) is 5.91 Å². The van der Waals surface area contributed by atoms with Crippen LogP contribution in [0.1, 0.15) is 41.8 Å². The molecule has 0 atom stereocenters. The van der Waals surface area contributed by atoms with Crippen LogP contribution in [0.5, 0.6) is 5.75 Å². The fraction of sp³-hybridized carbons (Fsp3) is 0.214. The Kier molecular flexibility index (Phi) is 8.42. The molecule has 0 aliphatic rings. The van der Waals surface area contributed by atoms with Crippen molar-refractivity contribution in [3.05, 3.63) is 101 Å². The van der Waals surface area contributed by atoms with E-state index in [-0.39, 0.29) is 11.9 Å². The van der Waals surface area contributed by atoms with Crippen LogP contribution < -0.4 is 9.64 Å². The molecule has 0 unspecified atom stereocenters. The standard InChI is InChI=1S/C28H29NO4/c1-4-23(28(31)33-5-2)19-21-11-15-25(16-12-21)29(27(30)24-9-7-6-8-10-24)20-22-13-17-26(32-3)18-14-22/h6-19H,4-5,20H2,1-3H3/b23-19+.